The molecule has 0 aromatic heterocycles. The van der Waals surface area contributed by atoms with Crippen molar-refractivity contribution in [3.63, 3.8) is 0 Å². The molecule has 0 spiro atoms. The SMILES string of the molecule is CC(C=CCC(C)C(=O)O)=C1CNC(C(=O)O)C1CC(=O)O. The van der Waals surface area contributed by atoms with Gasteiger partial charge in [-0.15, -0.1) is 0 Å². The van der Waals surface area contributed by atoms with Gasteiger partial charge in [-0.25, -0.2) is 0 Å². The van der Waals surface area contributed by atoms with Gasteiger partial charge in [0.2, 0.25) is 0 Å². The molecular formula is C15H21NO6. The van der Waals surface area contributed by atoms with Crippen LogP contribution in [0.25, 0.3) is 0 Å². The van der Waals surface area contributed by atoms with Crippen LogP contribution in [0.1, 0.15) is 26.7 Å². The molecule has 3 atom stereocenters. The van der Waals surface area contributed by atoms with Crippen LogP contribution in [0.3, 0.4) is 0 Å². The van der Waals surface area contributed by atoms with Crippen LogP contribution in [0, 0.1) is 11.8 Å². The van der Waals surface area contributed by atoms with Gasteiger partial charge in [-0.3, -0.25) is 14.4 Å². The first kappa shape index (κ1) is 17.9. The fraction of sp³-hybridized carbons (Fsp3) is 0.533. The van der Waals surface area contributed by atoms with Gasteiger partial charge in [0.05, 0.1) is 12.3 Å². The first-order chi connectivity index (χ1) is 10.2. The van der Waals surface area contributed by atoms with E-state index in [4.69, 9.17) is 15.3 Å². The van der Waals surface area contributed by atoms with Crippen LogP contribution in [0.2, 0.25) is 0 Å². The Morgan fingerprint density at radius 1 is 1.32 bits per heavy atom. The molecule has 0 aromatic rings. The number of rotatable bonds is 7. The maximum Gasteiger partial charge on any atom is 0.321 e. The van der Waals surface area contributed by atoms with E-state index in [9.17, 15) is 14.4 Å². The molecule has 1 rings (SSSR count). The second-order valence-corrected chi connectivity index (χ2v) is 5.49. The van der Waals surface area contributed by atoms with E-state index in [-0.39, 0.29) is 6.42 Å². The molecule has 1 fully saturated rings. The van der Waals surface area contributed by atoms with Gasteiger partial charge in [-0.05, 0) is 18.9 Å². The average Bonchev–Trinajstić information content (AvgIpc) is 2.81. The Kier molecular flexibility index (Phi) is 6.30. The minimum atomic E-state index is -1.07. The topological polar surface area (TPSA) is 124 Å². The molecule has 7 heteroatoms. The van der Waals surface area contributed by atoms with Gasteiger partial charge in [-0.2, -0.15) is 0 Å². The van der Waals surface area contributed by atoms with E-state index in [2.05, 4.69) is 5.32 Å². The van der Waals surface area contributed by atoms with Crippen LogP contribution in [0.4, 0.5) is 0 Å². The molecule has 3 unspecified atom stereocenters. The molecular weight excluding hydrogens is 290 g/mol. The van der Waals surface area contributed by atoms with Crippen molar-refractivity contribution < 1.29 is 29.7 Å². The highest BCUT2D eigenvalue weighted by Crippen LogP contribution is 2.28. The second kappa shape index (κ2) is 7.74. The number of hydrogen-bond acceptors (Lipinski definition) is 4. The molecule has 122 valence electrons. The minimum Gasteiger partial charge on any atom is -0.481 e. The Hall–Kier alpha value is -2.15. The number of allylic oxidation sites excluding steroid dienone is 3. The van der Waals surface area contributed by atoms with E-state index < -0.39 is 35.8 Å². The molecule has 1 saturated heterocycles. The van der Waals surface area contributed by atoms with Crippen molar-refractivity contribution >= 4 is 17.9 Å². The van der Waals surface area contributed by atoms with Crippen molar-refractivity contribution in [2.45, 2.75) is 32.7 Å². The van der Waals surface area contributed by atoms with E-state index in [1.165, 1.54) is 0 Å². The number of aliphatic carboxylic acids is 3. The summed E-state index contributed by atoms with van der Waals surface area (Å²) in [4.78, 5) is 32.9. The predicted octanol–water partition coefficient (Wildman–Crippen LogP) is 1.12. The molecule has 0 saturated carbocycles. The summed E-state index contributed by atoms with van der Waals surface area (Å²) < 4.78 is 0. The van der Waals surface area contributed by atoms with Crippen LogP contribution in [-0.4, -0.2) is 45.8 Å². The third-order valence-electron chi connectivity index (χ3n) is 3.81. The van der Waals surface area contributed by atoms with E-state index in [0.717, 1.165) is 11.1 Å². The van der Waals surface area contributed by atoms with E-state index >= 15 is 0 Å². The average molecular weight is 311 g/mol. The van der Waals surface area contributed by atoms with Crippen LogP contribution < -0.4 is 5.32 Å². The molecule has 22 heavy (non-hydrogen) atoms. The Balaban J connectivity index is 2.89. The summed E-state index contributed by atoms with van der Waals surface area (Å²) in [5, 5.41) is 29.7. The highest BCUT2D eigenvalue weighted by atomic mass is 16.4. The van der Waals surface area contributed by atoms with Gasteiger partial charge in [0.25, 0.3) is 0 Å². The lowest BCUT2D eigenvalue weighted by Crippen LogP contribution is -2.36. The summed E-state index contributed by atoms with van der Waals surface area (Å²) in [6, 6.07) is -0.910. The third-order valence-corrected chi connectivity index (χ3v) is 3.81. The van der Waals surface area contributed by atoms with E-state index in [1.807, 2.05) is 0 Å². The number of nitrogens with one attached hydrogen (secondary N) is 1. The van der Waals surface area contributed by atoms with Crippen LogP contribution in [0.5, 0.6) is 0 Å². The molecule has 1 aliphatic heterocycles. The molecule has 0 radical (unpaired) electrons. The maximum absolute atomic E-state index is 11.2. The standard InChI is InChI=1S/C15H21NO6/c1-8(4-3-5-9(2)14(19)20)11-7-16-13(15(21)22)10(11)6-12(17)18/h3-4,9-10,13,16H,5-7H2,1-2H3,(H,17,18)(H,19,20)(H,21,22). The Bertz CT molecular complexity index is 522. The number of carbonyl (C=O) groups is 3. The molecule has 7 nitrogen and oxygen atoms in total. The van der Waals surface area contributed by atoms with Gasteiger partial charge in [0, 0.05) is 12.5 Å². The predicted molar refractivity (Wildman–Crippen MR) is 78.4 cm³/mol. The minimum absolute atomic E-state index is 0.254. The number of hydrogen-bond donors (Lipinski definition) is 4. The van der Waals surface area contributed by atoms with Crippen molar-refractivity contribution in [1.82, 2.24) is 5.32 Å². The van der Waals surface area contributed by atoms with Crippen molar-refractivity contribution in [3.8, 4) is 0 Å². The van der Waals surface area contributed by atoms with Gasteiger partial charge in [0.1, 0.15) is 6.04 Å². The summed E-state index contributed by atoms with van der Waals surface area (Å²) in [6.07, 6.45) is 3.55. The first-order valence-electron chi connectivity index (χ1n) is 7.01. The zero-order valence-electron chi connectivity index (χ0n) is 12.6. The fourth-order valence-electron chi connectivity index (χ4n) is 2.47. The first-order valence-corrected chi connectivity index (χ1v) is 7.01. The molecule has 1 heterocycles. The van der Waals surface area contributed by atoms with Gasteiger partial charge >= 0.3 is 17.9 Å². The molecule has 1 aliphatic rings. The fourth-order valence-corrected chi connectivity index (χ4v) is 2.47. The van der Waals surface area contributed by atoms with Crippen molar-refractivity contribution in [2.75, 3.05) is 6.54 Å². The van der Waals surface area contributed by atoms with E-state index in [1.54, 1.807) is 26.0 Å². The Labute approximate surface area is 128 Å². The molecule has 0 bridgehead atoms. The summed E-state index contributed by atoms with van der Waals surface area (Å²) in [5.74, 6) is -4.10. The van der Waals surface area contributed by atoms with Gasteiger partial charge in [-0.1, -0.05) is 24.6 Å². The summed E-state index contributed by atoms with van der Waals surface area (Å²) in [6.45, 7) is 3.69. The summed E-state index contributed by atoms with van der Waals surface area (Å²) in [5.41, 5.74) is 1.52. The molecule has 0 amide bonds. The monoisotopic (exact) mass is 311 g/mol. The second-order valence-electron chi connectivity index (χ2n) is 5.49. The van der Waals surface area contributed by atoms with Crippen molar-refractivity contribution in [3.05, 3.63) is 23.3 Å². The molecule has 4 N–H and O–H groups in total. The van der Waals surface area contributed by atoms with Crippen LogP contribution >= 0.6 is 0 Å². The molecule has 0 aliphatic carbocycles. The lowest BCUT2D eigenvalue weighted by Gasteiger charge is -2.15. The quantitative estimate of drug-likeness (QED) is 0.555. The zero-order valence-corrected chi connectivity index (χ0v) is 12.6. The zero-order chi connectivity index (χ0) is 16.9. The van der Waals surface area contributed by atoms with Crippen LogP contribution in [0.15, 0.2) is 23.3 Å². The lowest BCUT2D eigenvalue weighted by atomic mass is 9.89. The highest BCUT2D eigenvalue weighted by molar-refractivity contribution is 5.78. The summed E-state index contributed by atoms with van der Waals surface area (Å²) >= 11 is 0. The van der Waals surface area contributed by atoms with Gasteiger partial charge in [0.15, 0.2) is 0 Å². The van der Waals surface area contributed by atoms with Crippen molar-refractivity contribution in [2.24, 2.45) is 11.8 Å². The molecule has 0 aromatic carbocycles. The van der Waals surface area contributed by atoms with Crippen LogP contribution in [-0.2, 0) is 14.4 Å². The van der Waals surface area contributed by atoms with Crippen molar-refractivity contribution in [1.29, 1.82) is 0 Å². The smallest absolute Gasteiger partial charge is 0.321 e. The Morgan fingerprint density at radius 2 is 1.95 bits per heavy atom. The highest BCUT2D eigenvalue weighted by Gasteiger charge is 2.38. The van der Waals surface area contributed by atoms with Gasteiger partial charge < -0.3 is 20.6 Å². The normalized spacial score (nSPS) is 25.2. The summed E-state index contributed by atoms with van der Waals surface area (Å²) in [7, 11) is 0. The number of carboxylic acid groups (broad SMARTS) is 3. The lowest BCUT2D eigenvalue weighted by molar-refractivity contribution is -0.142. The van der Waals surface area contributed by atoms with E-state index in [0.29, 0.717) is 13.0 Å². The largest absolute Gasteiger partial charge is 0.481 e. The Morgan fingerprint density at radius 3 is 2.45 bits per heavy atom. The third kappa shape index (κ3) is 4.70. The maximum atomic E-state index is 11.2. The number of carboxylic acids is 3.